The van der Waals surface area contributed by atoms with Crippen LogP contribution >= 0.6 is 0 Å². The van der Waals surface area contributed by atoms with E-state index >= 15 is 0 Å². The van der Waals surface area contributed by atoms with E-state index in [2.05, 4.69) is 23.5 Å². The predicted molar refractivity (Wildman–Crippen MR) is 66.0 cm³/mol. The Morgan fingerprint density at radius 1 is 1.47 bits per heavy atom. The fraction of sp³-hybridized carbons (Fsp3) is 0.417. The van der Waals surface area contributed by atoms with Gasteiger partial charge < -0.3 is 11.2 Å². The van der Waals surface area contributed by atoms with Gasteiger partial charge in [-0.2, -0.15) is 5.10 Å². The third kappa shape index (κ3) is 4.02. The lowest BCUT2D eigenvalue weighted by molar-refractivity contribution is 0.864. The van der Waals surface area contributed by atoms with Crippen LogP contribution in [0.5, 0.6) is 0 Å². The summed E-state index contributed by atoms with van der Waals surface area (Å²) in [5, 5.41) is 4.26. The molecule has 0 unspecified atom stereocenters. The zero-order valence-corrected chi connectivity index (χ0v) is 9.46. The molecule has 0 radical (unpaired) electrons. The molecule has 1 aromatic carbocycles. The van der Waals surface area contributed by atoms with Crippen molar-refractivity contribution >= 4 is 11.4 Å². The summed E-state index contributed by atoms with van der Waals surface area (Å²) in [7, 11) is 1.83. The molecule has 0 aliphatic carbocycles. The third-order valence-corrected chi connectivity index (χ3v) is 2.17. The Hall–Kier alpha value is -1.51. The number of hydrogen-bond donors (Lipinski definition) is 2. The summed E-state index contributed by atoms with van der Waals surface area (Å²) in [5.41, 5.74) is 11.8. The second kappa shape index (κ2) is 6.06. The number of nitrogens with two attached hydrogens (primary N) is 1. The largest absolute Gasteiger partial charge is 0.399 e. The highest BCUT2D eigenvalue weighted by atomic mass is 15.3. The van der Waals surface area contributed by atoms with Gasteiger partial charge in [-0.15, -0.1) is 0 Å². The normalized spacial score (nSPS) is 11.5. The molecule has 0 bridgehead atoms. The summed E-state index contributed by atoms with van der Waals surface area (Å²) in [5.74, 6) is 0. The van der Waals surface area contributed by atoms with E-state index in [0.29, 0.717) is 0 Å². The molecule has 0 heterocycles. The van der Waals surface area contributed by atoms with Crippen LogP contribution in [0.4, 0.5) is 5.69 Å². The fourth-order valence-corrected chi connectivity index (χ4v) is 1.57. The van der Waals surface area contributed by atoms with Gasteiger partial charge >= 0.3 is 0 Å². The zero-order chi connectivity index (χ0) is 11.1. The van der Waals surface area contributed by atoms with Crippen LogP contribution in [-0.4, -0.2) is 12.8 Å². The number of hydrogen-bond acceptors (Lipinski definition) is 3. The summed E-state index contributed by atoms with van der Waals surface area (Å²) < 4.78 is 0. The average molecular weight is 205 g/mol. The van der Waals surface area contributed by atoms with Crippen molar-refractivity contribution in [1.29, 1.82) is 0 Å². The first-order valence-corrected chi connectivity index (χ1v) is 5.33. The van der Waals surface area contributed by atoms with Crippen molar-refractivity contribution in [1.82, 2.24) is 5.43 Å². The maximum absolute atomic E-state index is 5.73. The SMILES string of the molecule is CCC/C(Cc1cccc(N)c1)=N\NC. The fourth-order valence-electron chi connectivity index (χ4n) is 1.57. The predicted octanol–water partition coefficient (Wildman–Crippen LogP) is 2.19. The second-order valence-corrected chi connectivity index (χ2v) is 3.57. The van der Waals surface area contributed by atoms with Crippen molar-refractivity contribution in [2.75, 3.05) is 12.8 Å². The lowest BCUT2D eigenvalue weighted by atomic mass is 10.0. The molecule has 0 aliphatic heterocycles. The molecule has 1 rings (SSSR count). The van der Waals surface area contributed by atoms with E-state index in [1.165, 1.54) is 11.3 Å². The molecule has 3 N–H and O–H groups in total. The Labute approximate surface area is 91.4 Å². The molecule has 0 atom stereocenters. The number of benzene rings is 1. The van der Waals surface area contributed by atoms with Crippen molar-refractivity contribution < 1.29 is 0 Å². The van der Waals surface area contributed by atoms with E-state index < -0.39 is 0 Å². The Bertz CT molecular complexity index is 331. The first-order valence-electron chi connectivity index (χ1n) is 5.33. The molecule has 0 saturated heterocycles. The topological polar surface area (TPSA) is 50.4 Å². The minimum atomic E-state index is 0.813. The molecule has 0 saturated carbocycles. The molecular weight excluding hydrogens is 186 g/mol. The Balaban J connectivity index is 2.69. The molecule has 3 nitrogen and oxygen atoms in total. The standard InChI is InChI=1S/C12H19N3/c1-3-5-12(15-14-2)9-10-6-4-7-11(13)8-10/h4,6-8,14H,3,5,9,13H2,1-2H3/b15-12+. The summed E-state index contributed by atoms with van der Waals surface area (Å²) in [6.07, 6.45) is 3.01. The average Bonchev–Trinajstić information content (AvgIpc) is 2.18. The van der Waals surface area contributed by atoms with Crippen LogP contribution in [0.15, 0.2) is 29.4 Å². The Morgan fingerprint density at radius 2 is 2.27 bits per heavy atom. The minimum Gasteiger partial charge on any atom is -0.399 e. The first kappa shape index (κ1) is 11.6. The van der Waals surface area contributed by atoms with E-state index in [4.69, 9.17) is 5.73 Å². The van der Waals surface area contributed by atoms with Gasteiger partial charge in [-0.05, 0) is 24.1 Å². The summed E-state index contributed by atoms with van der Waals surface area (Å²) in [6, 6.07) is 7.96. The lowest BCUT2D eigenvalue weighted by Gasteiger charge is -2.05. The molecule has 0 fully saturated rings. The van der Waals surface area contributed by atoms with E-state index in [-0.39, 0.29) is 0 Å². The number of anilines is 1. The highest BCUT2D eigenvalue weighted by Gasteiger charge is 2.01. The van der Waals surface area contributed by atoms with Gasteiger partial charge in [0.1, 0.15) is 0 Å². The van der Waals surface area contributed by atoms with Crippen LogP contribution < -0.4 is 11.2 Å². The van der Waals surface area contributed by atoms with Crippen LogP contribution in [0.1, 0.15) is 25.3 Å². The van der Waals surface area contributed by atoms with Crippen molar-refractivity contribution in [3.05, 3.63) is 29.8 Å². The van der Waals surface area contributed by atoms with Crippen LogP contribution in [0.25, 0.3) is 0 Å². The number of rotatable bonds is 5. The van der Waals surface area contributed by atoms with Gasteiger partial charge in [-0.3, -0.25) is 0 Å². The quantitative estimate of drug-likeness (QED) is 0.440. The smallest absolute Gasteiger partial charge is 0.0421 e. The summed E-state index contributed by atoms with van der Waals surface area (Å²) in [4.78, 5) is 0. The maximum atomic E-state index is 5.73. The highest BCUT2D eigenvalue weighted by molar-refractivity contribution is 5.86. The van der Waals surface area contributed by atoms with Crippen LogP contribution in [0.2, 0.25) is 0 Å². The van der Waals surface area contributed by atoms with Gasteiger partial charge in [0.2, 0.25) is 0 Å². The minimum absolute atomic E-state index is 0.813. The molecule has 82 valence electrons. The van der Waals surface area contributed by atoms with Crippen molar-refractivity contribution in [2.24, 2.45) is 5.10 Å². The molecule has 0 spiro atoms. The second-order valence-electron chi connectivity index (χ2n) is 3.57. The maximum Gasteiger partial charge on any atom is 0.0421 e. The van der Waals surface area contributed by atoms with Gasteiger partial charge in [-0.1, -0.05) is 25.5 Å². The molecule has 0 amide bonds. The molecule has 3 heteroatoms. The van der Waals surface area contributed by atoms with Crippen molar-refractivity contribution in [3.63, 3.8) is 0 Å². The van der Waals surface area contributed by atoms with Crippen LogP contribution in [-0.2, 0) is 6.42 Å². The number of nitrogens with one attached hydrogen (secondary N) is 1. The molecular formula is C12H19N3. The molecule has 1 aromatic rings. The molecule has 0 aromatic heterocycles. The summed E-state index contributed by atoms with van der Waals surface area (Å²) >= 11 is 0. The summed E-state index contributed by atoms with van der Waals surface area (Å²) in [6.45, 7) is 2.16. The Kier molecular flexibility index (Phi) is 4.68. The van der Waals surface area contributed by atoms with Crippen LogP contribution in [0, 0.1) is 0 Å². The van der Waals surface area contributed by atoms with Gasteiger partial charge in [0.15, 0.2) is 0 Å². The van der Waals surface area contributed by atoms with Gasteiger partial charge in [0.25, 0.3) is 0 Å². The van der Waals surface area contributed by atoms with E-state index in [9.17, 15) is 0 Å². The number of nitrogens with zero attached hydrogens (tertiary/aromatic N) is 1. The first-order chi connectivity index (χ1) is 7.26. The monoisotopic (exact) mass is 205 g/mol. The molecule has 15 heavy (non-hydrogen) atoms. The van der Waals surface area contributed by atoms with Crippen molar-refractivity contribution in [3.8, 4) is 0 Å². The number of nitrogen functional groups attached to an aromatic ring is 1. The lowest BCUT2D eigenvalue weighted by Crippen LogP contribution is -2.08. The van der Waals surface area contributed by atoms with E-state index in [1.54, 1.807) is 0 Å². The number of hydrazone groups is 1. The van der Waals surface area contributed by atoms with E-state index in [1.807, 2.05) is 25.2 Å². The van der Waals surface area contributed by atoms with Crippen LogP contribution in [0.3, 0.4) is 0 Å². The molecule has 0 aliphatic rings. The van der Waals surface area contributed by atoms with Gasteiger partial charge in [-0.25, -0.2) is 0 Å². The third-order valence-electron chi connectivity index (χ3n) is 2.17. The van der Waals surface area contributed by atoms with Crippen molar-refractivity contribution in [2.45, 2.75) is 26.2 Å². The highest BCUT2D eigenvalue weighted by Crippen LogP contribution is 2.09. The van der Waals surface area contributed by atoms with E-state index in [0.717, 1.165) is 24.9 Å². The Morgan fingerprint density at radius 3 is 2.87 bits per heavy atom. The zero-order valence-electron chi connectivity index (χ0n) is 9.46. The van der Waals surface area contributed by atoms with Gasteiger partial charge in [0, 0.05) is 24.9 Å². The van der Waals surface area contributed by atoms with Gasteiger partial charge in [0.05, 0.1) is 0 Å².